The van der Waals surface area contributed by atoms with E-state index in [-0.39, 0.29) is 24.4 Å². The van der Waals surface area contributed by atoms with Crippen molar-refractivity contribution in [3.05, 3.63) is 0 Å². The lowest BCUT2D eigenvalue weighted by Gasteiger charge is -2.39. The molecule has 0 aromatic rings. The summed E-state index contributed by atoms with van der Waals surface area (Å²) in [6.45, 7) is 11.0. The number of hydrogen-bond donors (Lipinski definition) is 1. The van der Waals surface area contributed by atoms with Gasteiger partial charge < -0.3 is 15.4 Å². The van der Waals surface area contributed by atoms with E-state index in [2.05, 4.69) is 18.7 Å². The van der Waals surface area contributed by atoms with Crippen LogP contribution < -0.4 is 5.73 Å². The fraction of sp³-hybridized carbons (Fsp3) is 0.933. The summed E-state index contributed by atoms with van der Waals surface area (Å²) in [4.78, 5) is 16.3. The van der Waals surface area contributed by atoms with Crippen molar-refractivity contribution in [3.8, 4) is 0 Å². The molecule has 2 heterocycles. The minimum Gasteiger partial charge on any atom is -0.373 e. The number of piperidine rings is 1. The smallest absolute Gasteiger partial charge is 0.239 e. The van der Waals surface area contributed by atoms with Gasteiger partial charge in [0, 0.05) is 32.7 Å². The maximum atomic E-state index is 11.9. The molecule has 3 atom stereocenters. The third-order valence-electron chi connectivity index (χ3n) is 4.33. The molecule has 6 heteroatoms. The highest BCUT2D eigenvalue weighted by molar-refractivity contribution is 5.85. The number of rotatable bonds is 3. The molecule has 0 saturated carbocycles. The molecule has 2 saturated heterocycles. The minimum absolute atomic E-state index is 0. The van der Waals surface area contributed by atoms with Gasteiger partial charge in [-0.05, 0) is 39.5 Å². The Morgan fingerprint density at radius 3 is 2.24 bits per heavy atom. The summed E-state index contributed by atoms with van der Waals surface area (Å²) >= 11 is 0. The second-order valence-electron chi connectivity index (χ2n) is 6.53. The van der Waals surface area contributed by atoms with Gasteiger partial charge in [-0.3, -0.25) is 9.69 Å². The van der Waals surface area contributed by atoms with Gasteiger partial charge in [-0.25, -0.2) is 0 Å². The van der Waals surface area contributed by atoms with Crippen LogP contribution in [0.2, 0.25) is 0 Å². The zero-order valence-corrected chi connectivity index (χ0v) is 14.3. The third-order valence-corrected chi connectivity index (χ3v) is 4.33. The number of morpholine rings is 1. The third kappa shape index (κ3) is 5.40. The normalized spacial score (nSPS) is 29.8. The van der Waals surface area contributed by atoms with Crippen LogP contribution >= 0.6 is 12.4 Å². The summed E-state index contributed by atoms with van der Waals surface area (Å²) in [5.41, 5.74) is 5.67. The van der Waals surface area contributed by atoms with E-state index in [9.17, 15) is 4.79 Å². The van der Waals surface area contributed by atoms with E-state index in [1.54, 1.807) is 6.92 Å². The summed E-state index contributed by atoms with van der Waals surface area (Å²) in [7, 11) is 0. The molecule has 0 aromatic carbocycles. The van der Waals surface area contributed by atoms with Crippen LogP contribution in [0.1, 0.15) is 33.6 Å². The van der Waals surface area contributed by atoms with Crippen molar-refractivity contribution in [1.82, 2.24) is 9.80 Å². The van der Waals surface area contributed by atoms with Gasteiger partial charge in [0.1, 0.15) is 0 Å². The highest BCUT2D eigenvalue weighted by Gasteiger charge is 2.28. The number of carbonyl (C=O) groups is 1. The number of likely N-dealkylation sites (tertiary alicyclic amines) is 1. The van der Waals surface area contributed by atoms with Gasteiger partial charge in [-0.1, -0.05) is 0 Å². The van der Waals surface area contributed by atoms with E-state index in [0.29, 0.717) is 18.1 Å². The van der Waals surface area contributed by atoms with Gasteiger partial charge in [0.2, 0.25) is 5.91 Å². The van der Waals surface area contributed by atoms with Gasteiger partial charge in [0.15, 0.2) is 0 Å². The zero-order valence-electron chi connectivity index (χ0n) is 13.5. The zero-order chi connectivity index (χ0) is 14.7. The Kier molecular flexibility index (Phi) is 7.40. The van der Waals surface area contributed by atoms with Gasteiger partial charge in [0.05, 0.1) is 18.2 Å². The number of nitrogens with two attached hydrogens (primary N) is 1. The molecule has 3 unspecified atom stereocenters. The number of nitrogens with zero attached hydrogens (tertiary/aromatic N) is 2. The average molecular weight is 320 g/mol. The molecule has 2 N–H and O–H groups in total. The van der Waals surface area contributed by atoms with Crippen LogP contribution in [-0.4, -0.2) is 66.7 Å². The molecule has 2 aliphatic heterocycles. The van der Waals surface area contributed by atoms with Crippen molar-refractivity contribution >= 4 is 18.3 Å². The largest absolute Gasteiger partial charge is 0.373 e. The Morgan fingerprint density at radius 2 is 1.76 bits per heavy atom. The molecule has 0 spiro atoms. The van der Waals surface area contributed by atoms with Crippen LogP contribution in [-0.2, 0) is 9.53 Å². The summed E-state index contributed by atoms with van der Waals surface area (Å²) in [6.07, 6.45) is 2.86. The van der Waals surface area contributed by atoms with E-state index in [4.69, 9.17) is 10.5 Å². The Labute approximate surface area is 134 Å². The predicted octanol–water partition coefficient (Wildman–Crippen LogP) is 1.10. The van der Waals surface area contributed by atoms with Gasteiger partial charge in [-0.2, -0.15) is 0 Å². The first-order valence-corrected chi connectivity index (χ1v) is 7.88. The molecule has 0 aromatic heterocycles. The van der Waals surface area contributed by atoms with Crippen molar-refractivity contribution in [1.29, 1.82) is 0 Å². The van der Waals surface area contributed by atoms with Gasteiger partial charge in [-0.15, -0.1) is 12.4 Å². The summed E-state index contributed by atoms with van der Waals surface area (Å²) < 4.78 is 5.77. The molecular weight excluding hydrogens is 290 g/mol. The maximum Gasteiger partial charge on any atom is 0.239 e. The van der Waals surface area contributed by atoms with Crippen LogP contribution in [0.15, 0.2) is 0 Å². The van der Waals surface area contributed by atoms with Crippen molar-refractivity contribution in [2.45, 2.75) is 51.9 Å². The van der Waals surface area contributed by atoms with Gasteiger partial charge >= 0.3 is 0 Å². The fourth-order valence-electron chi connectivity index (χ4n) is 3.42. The molecule has 0 bridgehead atoms. The first kappa shape index (κ1) is 18.7. The summed E-state index contributed by atoms with van der Waals surface area (Å²) in [6, 6.07) is -0.368. The maximum absolute atomic E-state index is 11.9. The predicted molar refractivity (Wildman–Crippen MR) is 86.7 cm³/mol. The minimum atomic E-state index is -0.368. The van der Waals surface area contributed by atoms with E-state index in [0.717, 1.165) is 45.6 Å². The molecule has 0 aliphatic carbocycles. The number of amides is 1. The van der Waals surface area contributed by atoms with Crippen molar-refractivity contribution in [3.63, 3.8) is 0 Å². The molecule has 2 rings (SSSR count). The van der Waals surface area contributed by atoms with Crippen molar-refractivity contribution in [2.24, 2.45) is 11.7 Å². The van der Waals surface area contributed by atoms with E-state index >= 15 is 0 Å². The molecule has 21 heavy (non-hydrogen) atoms. The lowest BCUT2D eigenvalue weighted by Crippen LogP contribution is -2.50. The fourth-order valence-corrected chi connectivity index (χ4v) is 3.42. The molecule has 0 radical (unpaired) electrons. The standard InChI is InChI=1S/C15H29N3O2.ClH/c1-11-8-17(9-12(2)20-11)10-14-4-6-18(7-5-14)15(19)13(3)16;/h11-14H,4-10,16H2,1-3H3;1H. The lowest BCUT2D eigenvalue weighted by atomic mass is 9.95. The second kappa shape index (κ2) is 8.32. The van der Waals surface area contributed by atoms with E-state index < -0.39 is 0 Å². The number of hydrogen-bond acceptors (Lipinski definition) is 4. The average Bonchev–Trinajstić information content (AvgIpc) is 2.37. The highest BCUT2D eigenvalue weighted by atomic mass is 35.5. The SMILES string of the molecule is CC1CN(CC2CCN(C(=O)C(C)N)CC2)CC(C)O1.Cl. The van der Waals surface area contributed by atoms with Crippen LogP contribution in [0.4, 0.5) is 0 Å². The van der Waals surface area contributed by atoms with Gasteiger partial charge in [0.25, 0.3) is 0 Å². The number of halogens is 1. The summed E-state index contributed by atoms with van der Waals surface area (Å²) in [5.74, 6) is 0.793. The first-order valence-electron chi connectivity index (χ1n) is 7.88. The number of carbonyl (C=O) groups excluding carboxylic acids is 1. The lowest BCUT2D eigenvalue weighted by molar-refractivity contribution is -0.133. The topological polar surface area (TPSA) is 58.8 Å². The van der Waals surface area contributed by atoms with Crippen LogP contribution in [0.25, 0.3) is 0 Å². The quantitative estimate of drug-likeness (QED) is 0.846. The summed E-state index contributed by atoms with van der Waals surface area (Å²) in [5, 5.41) is 0. The monoisotopic (exact) mass is 319 g/mol. The Hall–Kier alpha value is -0.360. The molecule has 5 nitrogen and oxygen atoms in total. The molecule has 2 fully saturated rings. The van der Waals surface area contributed by atoms with Crippen molar-refractivity contribution in [2.75, 3.05) is 32.7 Å². The molecule has 1 amide bonds. The van der Waals surface area contributed by atoms with Crippen LogP contribution in [0, 0.1) is 5.92 Å². The highest BCUT2D eigenvalue weighted by Crippen LogP contribution is 2.21. The van der Waals surface area contributed by atoms with Crippen LogP contribution in [0.3, 0.4) is 0 Å². The van der Waals surface area contributed by atoms with E-state index in [1.165, 1.54) is 0 Å². The van der Waals surface area contributed by atoms with Crippen molar-refractivity contribution < 1.29 is 9.53 Å². The molecule has 2 aliphatic rings. The Bertz CT molecular complexity index is 323. The van der Waals surface area contributed by atoms with E-state index in [1.807, 2.05) is 4.90 Å². The Morgan fingerprint density at radius 1 is 1.24 bits per heavy atom. The second-order valence-corrected chi connectivity index (χ2v) is 6.53. The first-order chi connectivity index (χ1) is 9.45. The Balaban J connectivity index is 0.00000220. The molecular formula is C15H30ClN3O2. The van der Waals surface area contributed by atoms with Crippen LogP contribution in [0.5, 0.6) is 0 Å². The number of ether oxygens (including phenoxy) is 1. The molecule has 124 valence electrons.